The molecular formula is C24H25FN4O2S. The van der Waals surface area contributed by atoms with E-state index in [0.29, 0.717) is 24.6 Å². The molecule has 1 aliphatic heterocycles. The molecule has 2 aromatic carbocycles. The zero-order chi connectivity index (χ0) is 22.5. The van der Waals surface area contributed by atoms with Crippen molar-refractivity contribution in [3.05, 3.63) is 82.4 Å². The third-order valence-electron chi connectivity index (χ3n) is 5.58. The van der Waals surface area contributed by atoms with E-state index in [1.807, 2.05) is 35.4 Å². The van der Waals surface area contributed by atoms with Gasteiger partial charge in [0.1, 0.15) is 11.6 Å². The fourth-order valence-electron chi connectivity index (χ4n) is 3.84. The lowest BCUT2D eigenvalue weighted by atomic mass is 9.97. The predicted molar refractivity (Wildman–Crippen MR) is 125 cm³/mol. The molecule has 32 heavy (non-hydrogen) atoms. The summed E-state index contributed by atoms with van der Waals surface area (Å²) in [5.74, 6) is 0.0195. The van der Waals surface area contributed by atoms with Crippen LogP contribution in [0.4, 0.5) is 10.2 Å². The molecule has 1 fully saturated rings. The van der Waals surface area contributed by atoms with Gasteiger partial charge >= 0.3 is 0 Å². The maximum absolute atomic E-state index is 13.6. The Kier molecular flexibility index (Phi) is 6.90. The van der Waals surface area contributed by atoms with Crippen molar-refractivity contribution in [3.8, 4) is 5.69 Å². The topological polar surface area (TPSA) is 67.2 Å². The number of rotatable bonds is 6. The lowest BCUT2D eigenvalue weighted by Gasteiger charge is -2.33. The van der Waals surface area contributed by atoms with Crippen LogP contribution < -0.4 is 15.8 Å². The summed E-state index contributed by atoms with van der Waals surface area (Å²) in [4.78, 5) is 28.3. The van der Waals surface area contributed by atoms with E-state index in [0.717, 1.165) is 24.9 Å². The first-order chi connectivity index (χ1) is 15.5. The van der Waals surface area contributed by atoms with Crippen LogP contribution in [-0.4, -0.2) is 35.0 Å². The molecule has 4 rings (SSSR count). The van der Waals surface area contributed by atoms with Gasteiger partial charge in [0.2, 0.25) is 5.91 Å². The second-order valence-corrected chi connectivity index (χ2v) is 8.65. The Hall–Kier alpha value is -3.13. The van der Waals surface area contributed by atoms with Crippen LogP contribution in [0, 0.1) is 11.7 Å². The average molecular weight is 453 g/mol. The number of aromatic nitrogens is 2. The van der Waals surface area contributed by atoms with Crippen LogP contribution >= 0.6 is 11.8 Å². The average Bonchev–Trinajstić information content (AvgIpc) is 2.83. The van der Waals surface area contributed by atoms with Gasteiger partial charge in [0.05, 0.1) is 11.6 Å². The summed E-state index contributed by atoms with van der Waals surface area (Å²) < 4.78 is 14.8. The molecule has 8 heteroatoms. The number of amides is 1. The van der Waals surface area contributed by atoms with Gasteiger partial charge in [-0.1, -0.05) is 18.2 Å². The lowest BCUT2D eigenvalue weighted by Crippen LogP contribution is -2.43. The molecule has 1 N–H and O–H groups in total. The van der Waals surface area contributed by atoms with Gasteiger partial charge in [-0.25, -0.2) is 4.39 Å². The number of thioether (sulfide) groups is 1. The Morgan fingerprint density at radius 1 is 1.19 bits per heavy atom. The van der Waals surface area contributed by atoms with Gasteiger partial charge in [-0.05, 0) is 61.1 Å². The smallest absolute Gasteiger partial charge is 0.271 e. The second-order valence-electron chi connectivity index (χ2n) is 7.77. The Morgan fingerprint density at radius 3 is 2.75 bits per heavy atom. The molecule has 6 nitrogen and oxygen atoms in total. The zero-order valence-electron chi connectivity index (χ0n) is 17.8. The van der Waals surface area contributed by atoms with E-state index in [2.05, 4.69) is 10.4 Å². The first kappa shape index (κ1) is 22.1. The summed E-state index contributed by atoms with van der Waals surface area (Å²) in [6.07, 6.45) is 3.68. The minimum atomic E-state index is -0.431. The van der Waals surface area contributed by atoms with E-state index in [1.165, 1.54) is 27.8 Å². The second kappa shape index (κ2) is 9.99. The van der Waals surface area contributed by atoms with Crippen molar-refractivity contribution < 1.29 is 9.18 Å². The van der Waals surface area contributed by atoms with Crippen LogP contribution in [0.2, 0.25) is 0 Å². The van der Waals surface area contributed by atoms with Crippen molar-refractivity contribution in [2.45, 2.75) is 24.3 Å². The van der Waals surface area contributed by atoms with Gasteiger partial charge in [0.25, 0.3) is 5.56 Å². The van der Waals surface area contributed by atoms with Crippen molar-refractivity contribution in [2.75, 3.05) is 24.2 Å². The minimum Gasteiger partial charge on any atom is -0.354 e. The molecule has 0 saturated carbocycles. The molecule has 0 spiro atoms. The van der Waals surface area contributed by atoms with E-state index in [-0.39, 0.29) is 17.4 Å². The van der Waals surface area contributed by atoms with Gasteiger partial charge in [-0.2, -0.15) is 4.68 Å². The van der Waals surface area contributed by atoms with Crippen molar-refractivity contribution in [1.82, 2.24) is 15.1 Å². The third kappa shape index (κ3) is 5.19. The van der Waals surface area contributed by atoms with E-state index >= 15 is 0 Å². The monoisotopic (exact) mass is 452 g/mol. The highest BCUT2D eigenvalue weighted by molar-refractivity contribution is 7.98. The molecule has 1 unspecified atom stereocenters. The molecule has 1 aliphatic rings. The molecule has 1 aromatic heterocycles. The van der Waals surface area contributed by atoms with Gasteiger partial charge in [-0.3, -0.25) is 9.59 Å². The van der Waals surface area contributed by atoms with E-state index in [1.54, 1.807) is 30.0 Å². The standard InChI is InChI=1S/C24H25FN4O2S/c1-32-21-9-7-17(8-10-21)15-26-24(31)18-4-3-13-28(16-18)22-11-12-23(30)29(27-22)20-6-2-5-19(25)14-20/h2,5-12,14,18H,3-4,13,15-16H2,1H3,(H,26,31). The normalized spacial score (nSPS) is 16.1. The number of anilines is 1. The zero-order valence-corrected chi connectivity index (χ0v) is 18.6. The Labute approximate surface area is 190 Å². The van der Waals surface area contributed by atoms with E-state index in [4.69, 9.17) is 0 Å². The van der Waals surface area contributed by atoms with Crippen molar-refractivity contribution in [2.24, 2.45) is 5.92 Å². The fourth-order valence-corrected chi connectivity index (χ4v) is 4.25. The SMILES string of the molecule is CSc1ccc(CNC(=O)C2CCCN(c3ccc(=O)n(-c4cccc(F)c4)n3)C2)cc1. The maximum Gasteiger partial charge on any atom is 0.271 e. The highest BCUT2D eigenvalue weighted by Gasteiger charge is 2.26. The van der Waals surface area contributed by atoms with Crippen LogP contribution in [-0.2, 0) is 11.3 Å². The fraction of sp³-hybridized carbons (Fsp3) is 0.292. The van der Waals surface area contributed by atoms with Gasteiger partial charge in [0, 0.05) is 30.6 Å². The Balaban J connectivity index is 1.43. The number of nitrogens with one attached hydrogen (secondary N) is 1. The molecular weight excluding hydrogens is 427 g/mol. The maximum atomic E-state index is 13.6. The molecule has 166 valence electrons. The van der Waals surface area contributed by atoms with Crippen LogP contribution in [0.1, 0.15) is 18.4 Å². The highest BCUT2D eigenvalue weighted by atomic mass is 32.2. The molecule has 0 bridgehead atoms. The number of hydrogen-bond donors (Lipinski definition) is 1. The molecule has 1 saturated heterocycles. The number of halogens is 1. The summed E-state index contributed by atoms with van der Waals surface area (Å²) in [5, 5.41) is 7.48. The van der Waals surface area contributed by atoms with Crippen LogP contribution in [0.15, 0.2) is 70.4 Å². The van der Waals surface area contributed by atoms with Crippen LogP contribution in [0.25, 0.3) is 5.69 Å². The summed E-state index contributed by atoms with van der Waals surface area (Å²) in [6.45, 7) is 1.76. The van der Waals surface area contributed by atoms with Crippen LogP contribution in [0.5, 0.6) is 0 Å². The molecule has 0 radical (unpaired) electrons. The molecule has 3 aromatic rings. The molecule has 2 heterocycles. The number of nitrogens with zero attached hydrogens (tertiary/aromatic N) is 3. The van der Waals surface area contributed by atoms with Crippen molar-refractivity contribution in [1.29, 1.82) is 0 Å². The summed E-state index contributed by atoms with van der Waals surface area (Å²) >= 11 is 1.69. The number of carbonyl (C=O) groups excluding carboxylic acids is 1. The first-order valence-electron chi connectivity index (χ1n) is 10.6. The third-order valence-corrected chi connectivity index (χ3v) is 6.32. The number of piperidine rings is 1. The summed E-state index contributed by atoms with van der Waals surface area (Å²) in [5.41, 5.74) is 1.10. The number of benzene rings is 2. The Morgan fingerprint density at radius 2 is 2.00 bits per heavy atom. The van der Waals surface area contributed by atoms with Gasteiger partial charge < -0.3 is 10.2 Å². The van der Waals surface area contributed by atoms with Gasteiger partial charge in [0.15, 0.2) is 0 Å². The minimum absolute atomic E-state index is 0.0158. The van der Waals surface area contributed by atoms with Gasteiger partial charge in [-0.15, -0.1) is 16.9 Å². The lowest BCUT2D eigenvalue weighted by molar-refractivity contribution is -0.125. The Bertz CT molecular complexity index is 1150. The highest BCUT2D eigenvalue weighted by Crippen LogP contribution is 2.22. The van der Waals surface area contributed by atoms with E-state index in [9.17, 15) is 14.0 Å². The van der Waals surface area contributed by atoms with Crippen molar-refractivity contribution >= 4 is 23.5 Å². The first-order valence-corrected chi connectivity index (χ1v) is 11.8. The predicted octanol–water partition coefficient (Wildman–Crippen LogP) is 3.63. The quantitative estimate of drug-likeness (QED) is 0.579. The van der Waals surface area contributed by atoms with Crippen LogP contribution in [0.3, 0.4) is 0 Å². The molecule has 1 atom stereocenters. The number of carbonyl (C=O) groups is 1. The molecule has 0 aliphatic carbocycles. The number of hydrogen-bond acceptors (Lipinski definition) is 5. The summed E-state index contributed by atoms with van der Waals surface area (Å²) in [6, 6.07) is 17.0. The largest absolute Gasteiger partial charge is 0.354 e. The van der Waals surface area contributed by atoms with Crippen molar-refractivity contribution in [3.63, 3.8) is 0 Å². The summed E-state index contributed by atoms with van der Waals surface area (Å²) in [7, 11) is 0. The molecule has 1 amide bonds. The van der Waals surface area contributed by atoms with E-state index < -0.39 is 5.82 Å².